The van der Waals surface area contributed by atoms with Crippen LogP contribution >= 0.6 is 0 Å². The largest absolute Gasteiger partial charge is 0.375 e. The van der Waals surface area contributed by atoms with Crippen LogP contribution in [0, 0.1) is 0 Å². The number of hydrogen-bond acceptors (Lipinski definition) is 3. The molecule has 0 radical (unpaired) electrons. The second-order valence-electron chi connectivity index (χ2n) is 4.60. The molecule has 2 fully saturated rings. The van der Waals surface area contributed by atoms with Gasteiger partial charge in [0.15, 0.2) is 0 Å². The summed E-state index contributed by atoms with van der Waals surface area (Å²) in [7, 11) is 0. The van der Waals surface area contributed by atoms with Crippen molar-refractivity contribution in [1.29, 1.82) is 0 Å². The average molecular weight is 199 g/mol. The standard InChI is InChI=1S/C11H21NO2/c1-8-5-11(6-9(2)13-8)14-10-3-4-12-7-10/h8-12H,3-7H2,1-2H3. The maximum atomic E-state index is 6.05. The topological polar surface area (TPSA) is 30.5 Å². The zero-order chi connectivity index (χ0) is 9.97. The van der Waals surface area contributed by atoms with Crippen LogP contribution in [0.15, 0.2) is 0 Å². The van der Waals surface area contributed by atoms with Crippen molar-refractivity contribution < 1.29 is 9.47 Å². The fourth-order valence-corrected chi connectivity index (χ4v) is 2.47. The number of hydrogen-bond donors (Lipinski definition) is 1. The van der Waals surface area contributed by atoms with Gasteiger partial charge in [0.05, 0.1) is 24.4 Å². The minimum absolute atomic E-state index is 0.359. The van der Waals surface area contributed by atoms with Crippen molar-refractivity contribution >= 4 is 0 Å². The van der Waals surface area contributed by atoms with E-state index in [0.29, 0.717) is 24.4 Å². The smallest absolute Gasteiger partial charge is 0.0715 e. The van der Waals surface area contributed by atoms with Gasteiger partial charge in [-0.1, -0.05) is 0 Å². The van der Waals surface area contributed by atoms with E-state index in [0.717, 1.165) is 25.9 Å². The molecule has 1 N–H and O–H groups in total. The summed E-state index contributed by atoms with van der Waals surface area (Å²) in [5.74, 6) is 0. The lowest BCUT2D eigenvalue weighted by Crippen LogP contribution is -2.36. The highest BCUT2D eigenvalue weighted by molar-refractivity contribution is 4.78. The predicted molar refractivity (Wildman–Crippen MR) is 55.4 cm³/mol. The zero-order valence-electron chi connectivity index (χ0n) is 9.16. The first kappa shape index (κ1) is 10.4. The molecule has 3 nitrogen and oxygen atoms in total. The molecule has 0 amide bonds. The predicted octanol–water partition coefficient (Wildman–Crippen LogP) is 1.32. The fraction of sp³-hybridized carbons (Fsp3) is 1.00. The quantitative estimate of drug-likeness (QED) is 0.727. The van der Waals surface area contributed by atoms with Gasteiger partial charge in [0.25, 0.3) is 0 Å². The van der Waals surface area contributed by atoms with E-state index in [9.17, 15) is 0 Å². The highest BCUT2D eigenvalue weighted by Gasteiger charge is 2.28. The Kier molecular flexibility index (Phi) is 3.42. The monoisotopic (exact) mass is 199 g/mol. The first-order valence-corrected chi connectivity index (χ1v) is 5.75. The van der Waals surface area contributed by atoms with Crippen molar-refractivity contribution in [3.8, 4) is 0 Å². The zero-order valence-corrected chi connectivity index (χ0v) is 9.16. The molecule has 14 heavy (non-hydrogen) atoms. The molecule has 2 saturated heterocycles. The molecule has 0 saturated carbocycles. The van der Waals surface area contributed by atoms with Gasteiger partial charge in [-0.05, 0) is 39.7 Å². The molecule has 0 aromatic heterocycles. The van der Waals surface area contributed by atoms with E-state index in [4.69, 9.17) is 9.47 Å². The molecule has 0 aliphatic carbocycles. The van der Waals surface area contributed by atoms with Crippen molar-refractivity contribution in [2.75, 3.05) is 13.1 Å². The van der Waals surface area contributed by atoms with Crippen LogP contribution in [-0.4, -0.2) is 37.5 Å². The van der Waals surface area contributed by atoms with Crippen molar-refractivity contribution in [3.05, 3.63) is 0 Å². The van der Waals surface area contributed by atoms with Crippen LogP contribution in [0.25, 0.3) is 0 Å². The Balaban J connectivity index is 1.78. The third kappa shape index (κ3) is 2.69. The van der Waals surface area contributed by atoms with Crippen LogP contribution in [0.5, 0.6) is 0 Å². The molecule has 2 rings (SSSR count). The molecule has 3 heteroatoms. The Morgan fingerprint density at radius 3 is 2.43 bits per heavy atom. The molecule has 2 aliphatic rings. The highest BCUT2D eigenvalue weighted by Crippen LogP contribution is 2.23. The summed E-state index contributed by atoms with van der Waals surface area (Å²) in [6, 6.07) is 0. The molecule has 3 atom stereocenters. The number of nitrogens with one attached hydrogen (secondary N) is 1. The molecule has 3 unspecified atom stereocenters. The minimum Gasteiger partial charge on any atom is -0.375 e. The first-order valence-electron chi connectivity index (χ1n) is 5.75. The molecule has 82 valence electrons. The van der Waals surface area contributed by atoms with Gasteiger partial charge in [-0.25, -0.2) is 0 Å². The summed E-state index contributed by atoms with van der Waals surface area (Å²) in [5.41, 5.74) is 0. The van der Waals surface area contributed by atoms with E-state index in [1.54, 1.807) is 0 Å². The summed E-state index contributed by atoms with van der Waals surface area (Å²) in [6.45, 7) is 6.41. The maximum Gasteiger partial charge on any atom is 0.0715 e. The van der Waals surface area contributed by atoms with Crippen LogP contribution in [-0.2, 0) is 9.47 Å². The van der Waals surface area contributed by atoms with E-state index in [-0.39, 0.29) is 0 Å². The second-order valence-corrected chi connectivity index (χ2v) is 4.60. The van der Waals surface area contributed by atoms with Crippen molar-refractivity contribution in [2.45, 2.75) is 57.5 Å². The molecule has 0 bridgehead atoms. The first-order chi connectivity index (χ1) is 6.74. The average Bonchev–Trinajstić information content (AvgIpc) is 2.54. The number of rotatable bonds is 2. The van der Waals surface area contributed by atoms with Crippen molar-refractivity contribution in [3.63, 3.8) is 0 Å². The van der Waals surface area contributed by atoms with Gasteiger partial charge < -0.3 is 14.8 Å². The summed E-state index contributed by atoms with van der Waals surface area (Å²) in [6.07, 6.45) is 4.86. The van der Waals surface area contributed by atoms with Crippen LogP contribution in [0.4, 0.5) is 0 Å². The second kappa shape index (κ2) is 4.60. The molecule has 0 spiro atoms. The van der Waals surface area contributed by atoms with Crippen LogP contribution in [0.2, 0.25) is 0 Å². The van der Waals surface area contributed by atoms with Crippen molar-refractivity contribution in [2.24, 2.45) is 0 Å². The normalized spacial score (nSPS) is 44.1. The lowest BCUT2D eigenvalue weighted by atomic mass is 10.0. The minimum atomic E-state index is 0.359. The lowest BCUT2D eigenvalue weighted by Gasteiger charge is -2.33. The van der Waals surface area contributed by atoms with E-state index in [1.165, 1.54) is 6.42 Å². The number of ether oxygens (including phenoxy) is 2. The van der Waals surface area contributed by atoms with E-state index in [2.05, 4.69) is 19.2 Å². The summed E-state index contributed by atoms with van der Waals surface area (Å²) in [5, 5.41) is 3.33. The summed E-state index contributed by atoms with van der Waals surface area (Å²) < 4.78 is 11.7. The summed E-state index contributed by atoms with van der Waals surface area (Å²) >= 11 is 0. The van der Waals surface area contributed by atoms with Gasteiger partial charge in [-0.2, -0.15) is 0 Å². The Morgan fingerprint density at radius 2 is 1.86 bits per heavy atom. The van der Waals surface area contributed by atoms with Gasteiger partial charge in [-0.3, -0.25) is 0 Å². The summed E-state index contributed by atoms with van der Waals surface area (Å²) in [4.78, 5) is 0. The van der Waals surface area contributed by atoms with Gasteiger partial charge in [0, 0.05) is 6.54 Å². The maximum absolute atomic E-state index is 6.05. The van der Waals surface area contributed by atoms with Crippen LogP contribution < -0.4 is 5.32 Å². The van der Waals surface area contributed by atoms with Crippen LogP contribution in [0.1, 0.15) is 33.1 Å². The van der Waals surface area contributed by atoms with Crippen molar-refractivity contribution in [1.82, 2.24) is 5.32 Å². The lowest BCUT2D eigenvalue weighted by molar-refractivity contribution is -0.117. The molecule has 2 heterocycles. The molecule has 2 aliphatic heterocycles. The Bertz CT molecular complexity index is 170. The Hall–Kier alpha value is -0.120. The Morgan fingerprint density at radius 1 is 1.14 bits per heavy atom. The third-order valence-corrected chi connectivity index (χ3v) is 3.05. The molecular weight excluding hydrogens is 178 g/mol. The molecule has 0 aromatic carbocycles. The van der Waals surface area contributed by atoms with E-state index < -0.39 is 0 Å². The third-order valence-electron chi connectivity index (χ3n) is 3.05. The van der Waals surface area contributed by atoms with Crippen LogP contribution in [0.3, 0.4) is 0 Å². The van der Waals surface area contributed by atoms with Gasteiger partial charge in [-0.15, -0.1) is 0 Å². The fourth-order valence-electron chi connectivity index (χ4n) is 2.47. The molecular formula is C11H21NO2. The van der Waals surface area contributed by atoms with Gasteiger partial charge in [0.2, 0.25) is 0 Å². The van der Waals surface area contributed by atoms with Gasteiger partial charge >= 0.3 is 0 Å². The van der Waals surface area contributed by atoms with E-state index in [1.807, 2.05) is 0 Å². The van der Waals surface area contributed by atoms with Gasteiger partial charge in [0.1, 0.15) is 0 Å². The molecule has 0 aromatic rings. The van der Waals surface area contributed by atoms with E-state index >= 15 is 0 Å². The highest BCUT2D eigenvalue weighted by atomic mass is 16.5. The Labute approximate surface area is 86.2 Å². The SMILES string of the molecule is CC1CC(OC2CCNC2)CC(C)O1.